The normalized spacial score (nSPS) is 10.3. The fourth-order valence-electron chi connectivity index (χ4n) is 1.58. The van der Waals surface area contributed by atoms with E-state index in [1.807, 2.05) is 19.1 Å². The van der Waals surface area contributed by atoms with Gasteiger partial charge in [0, 0.05) is 5.69 Å². The van der Waals surface area contributed by atoms with Gasteiger partial charge in [0.2, 0.25) is 0 Å². The summed E-state index contributed by atoms with van der Waals surface area (Å²) in [7, 11) is 0. The lowest BCUT2D eigenvalue weighted by atomic mass is 10.3. The molecule has 2 aromatic rings. The Morgan fingerprint density at radius 3 is 2.47 bits per heavy atom. The number of anilines is 2. The predicted octanol–water partition coefficient (Wildman–Crippen LogP) is 1.63. The van der Waals surface area contributed by atoms with Crippen LogP contribution in [0.2, 0.25) is 0 Å². The number of carbonyl (C=O) groups is 1. The molecule has 0 aliphatic heterocycles. The van der Waals surface area contributed by atoms with Crippen molar-refractivity contribution in [3.8, 4) is 0 Å². The van der Waals surface area contributed by atoms with Gasteiger partial charge in [-0.25, -0.2) is 15.0 Å². The van der Waals surface area contributed by atoms with Crippen LogP contribution >= 0.6 is 0 Å². The van der Waals surface area contributed by atoms with Gasteiger partial charge in [-0.2, -0.15) is 0 Å². The highest BCUT2D eigenvalue weighted by Crippen LogP contribution is 2.12. The van der Waals surface area contributed by atoms with Gasteiger partial charge in [-0.3, -0.25) is 4.79 Å². The topological polar surface area (TPSA) is 93.8 Å². The van der Waals surface area contributed by atoms with Crippen LogP contribution in [0.15, 0.2) is 18.2 Å². The molecule has 0 aliphatic carbocycles. The number of nitrogens with zero attached hydrogens (tertiary/aromatic N) is 3. The zero-order valence-corrected chi connectivity index (χ0v) is 11.1. The molecular formula is C13H15N5O. The molecule has 0 radical (unpaired) electrons. The summed E-state index contributed by atoms with van der Waals surface area (Å²) in [4.78, 5) is 24.5. The van der Waals surface area contributed by atoms with E-state index >= 15 is 0 Å². The highest BCUT2D eigenvalue weighted by atomic mass is 16.2. The number of nitrogen functional groups attached to an aromatic ring is 1. The second-order valence-electron chi connectivity index (χ2n) is 4.25. The summed E-state index contributed by atoms with van der Waals surface area (Å²) in [5.74, 6) is 0.170. The van der Waals surface area contributed by atoms with Crippen LogP contribution in [0.5, 0.6) is 0 Å². The van der Waals surface area contributed by atoms with Crippen molar-refractivity contribution in [1.29, 1.82) is 0 Å². The Bertz CT molecular complexity index is 639. The fourth-order valence-corrected chi connectivity index (χ4v) is 1.58. The molecule has 0 aromatic carbocycles. The molecule has 0 atom stereocenters. The molecule has 2 heterocycles. The third kappa shape index (κ3) is 2.85. The highest BCUT2D eigenvalue weighted by molar-refractivity contribution is 6.05. The molecule has 0 unspecified atom stereocenters. The Labute approximate surface area is 111 Å². The molecule has 0 bridgehead atoms. The molecule has 0 saturated carbocycles. The number of nitrogens with one attached hydrogen (secondary N) is 1. The van der Waals surface area contributed by atoms with E-state index in [0.717, 1.165) is 5.69 Å². The summed E-state index contributed by atoms with van der Waals surface area (Å²) in [5, 5.41) is 2.65. The van der Waals surface area contributed by atoms with E-state index in [9.17, 15) is 4.79 Å². The van der Waals surface area contributed by atoms with Gasteiger partial charge < -0.3 is 11.1 Å². The number of aryl methyl sites for hydroxylation is 3. The maximum atomic E-state index is 12.1. The van der Waals surface area contributed by atoms with Crippen LogP contribution in [0, 0.1) is 20.8 Å². The van der Waals surface area contributed by atoms with Crippen LogP contribution in [0.4, 0.5) is 11.6 Å². The van der Waals surface area contributed by atoms with Crippen LogP contribution in [0.3, 0.4) is 0 Å². The van der Waals surface area contributed by atoms with Gasteiger partial charge >= 0.3 is 0 Å². The van der Waals surface area contributed by atoms with E-state index < -0.39 is 5.91 Å². The van der Waals surface area contributed by atoms with Gasteiger partial charge in [-0.1, -0.05) is 6.07 Å². The van der Waals surface area contributed by atoms with Gasteiger partial charge in [0.15, 0.2) is 11.5 Å². The van der Waals surface area contributed by atoms with Crippen molar-refractivity contribution in [2.75, 3.05) is 11.1 Å². The molecule has 6 heteroatoms. The van der Waals surface area contributed by atoms with Crippen LogP contribution in [-0.4, -0.2) is 20.9 Å². The van der Waals surface area contributed by atoms with E-state index in [4.69, 9.17) is 5.73 Å². The summed E-state index contributed by atoms with van der Waals surface area (Å²) in [5.41, 5.74) is 8.04. The molecule has 19 heavy (non-hydrogen) atoms. The molecule has 3 N–H and O–H groups in total. The first-order chi connectivity index (χ1) is 8.97. The summed E-state index contributed by atoms with van der Waals surface area (Å²) in [6, 6.07) is 5.36. The molecule has 0 spiro atoms. The van der Waals surface area contributed by atoms with E-state index in [-0.39, 0.29) is 11.5 Å². The number of hydrogen-bond donors (Lipinski definition) is 2. The van der Waals surface area contributed by atoms with Crippen molar-refractivity contribution in [3.05, 3.63) is 41.0 Å². The van der Waals surface area contributed by atoms with Crippen molar-refractivity contribution < 1.29 is 4.79 Å². The van der Waals surface area contributed by atoms with Gasteiger partial charge in [-0.15, -0.1) is 0 Å². The SMILES string of the molecule is Cc1cccc(NC(=O)c2nc(C)c(C)nc2N)n1. The number of amides is 1. The van der Waals surface area contributed by atoms with Crippen molar-refractivity contribution in [2.45, 2.75) is 20.8 Å². The van der Waals surface area contributed by atoms with Gasteiger partial charge in [0.25, 0.3) is 5.91 Å². The average Bonchev–Trinajstić information content (AvgIpc) is 2.33. The Balaban J connectivity index is 2.28. The lowest BCUT2D eigenvalue weighted by molar-refractivity contribution is 0.102. The fraction of sp³-hybridized carbons (Fsp3) is 0.231. The predicted molar refractivity (Wildman–Crippen MR) is 72.8 cm³/mol. The monoisotopic (exact) mass is 257 g/mol. The third-order valence-electron chi connectivity index (χ3n) is 2.68. The first kappa shape index (κ1) is 12.9. The van der Waals surface area contributed by atoms with Crippen molar-refractivity contribution >= 4 is 17.5 Å². The number of rotatable bonds is 2. The second kappa shape index (κ2) is 5.01. The third-order valence-corrected chi connectivity index (χ3v) is 2.68. The minimum absolute atomic E-state index is 0.117. The molecule has 2 rings (SSSR count). The minimum Gasteiger partial charge on any atom is -0.382 e. The van der Waals surface area contributed by atoms with Crippen molar-refractivity contribution in [2.24, 2.45) is 0 Å². The lowest BCUT2D eigenvalue weighted by Gasteiger charge is -2.08. The van der Waals surface area contributed by atoms with Gasteiger partial charge in [-0.05, 0) is 32.9 Å². The molecule has 1 amide bonds. The summed E-state index contributed by atoms with van der Waals surface area (Å²) in [6.45, 7) is 5.42. The second-order valence-corrected chi connectivity index (χ2v) is 4.25. The summed E-state index contributed by atoms with van der Waals surface area (Å²) >= 11 is 0. The molecule has 98 valence electrons. The zero-order valence-electron chi connectivity index (χ0n) is 11.1. The maximum Gasteiger partial charge on any atom is 0.279 e. The number of hydrogen-bond acceptors (Lipinski definition) is 5. The molecule has 6 nitrogen and oxygen atoms in total. The van der Waals surface area contributed by atoms with Crippen LogP contribution < -0.4 is 11.1 Å². The Hall–Kier alpha value is -2.50. The van der Waals surface area contributed by atoms with Gasteiger partial charge in [0.05, 0.1) is 11.4 Å². The molecule has 0 fully saturated rings. The quantitative estimate of drug-likeness (QED) is 0.852. The smallest absolute Gasteiger partial charge is 0.279 e. The van der Waals surface area contributed by atoms with Gasteiger partial charge in [0.1, 0.15) is 5.82 Å². The van der Waals surface area contributed by atoms with Crippen molar-refractivity contribution in [3.63, 3.8) is 0 Å². The van der Waals surface area contributed by atoms with Crippen molar-refractivity contribution in [1.82, 2.24) is 15.0 Å². The van der Waals surface area contributed by atoms with E-state index in [2.05, 4.69) is 20.3 Å². The van der Waals surface area contributed by atoms with Crippen LogP contribution in [-0.2, 0) is 0 Å². The largest absolute Gasteiger partial charge is 0.382 e. The van der Waals surface area contributed by atoms with E-state index in [0.29, 0.717) is 17.2 Å². The number of pyridine rings is 1. The molecule has 2 aromatic heterocycles. The lowest BCUT2D eigenvalue weighted by Crippen LogP contribution is -2.18. The first-order valence-electron chi connectivity index (χ1n) is 5.83. The van der Waals surface area contributed by atoms with Crippen LogP contribution in [0.25, 0.3) is 0 Å². The minimum atomic E-state index is -0.411. The molecular weight excluding hydrogens is 242 g/mol. The van der Waals surface area contributed by atoms with Crippen LogP contribution in [0.1, 0.15) is 27.6 Å². The maximum absolute atomic E-state index is 12.1. The Kier molecular flexibility index (Phi) is 3.41. The molecule has 0 saturated heterocycles. The Morgan fingerprint density at radius 2 is 1.79 bits per heavy atom. The first-order valence-corrected chi connectivity index (χ1v) is 5.83. The highest BCUT2D eigenvalue weighted by Gasteiger charge is 2.15. The molecule has 0 aliphatic rings. The van der Waals surface area contributed by atoms with E-state index in [1.165, 1.54) is 0 Å². The summed E-state index contributed by atoms with van der Waals surface area (Å²) in [6.07, 6.45) is 0. The number of aromatic nitrogens is 3. The zero-order chi connectivity index (χ0) is 14.0. The number of carbonyl (C=O) groups excluding carboxylic acids is 1. The summed E-state index contributed by atoms with van der Waals surface area (Å²) < 4.78 is 0. The standard InChI is InChI=1S/C13H15N5O/c1-7-5-4-6-10(15-7)18-13(19)11-12(14)17-9(3)8(2)16-11/h4-6H,1-3H3,(H2,14,17)(H,15,18,19). The average molecular weight is 257 g/mol. The number of nitrogens with two attached hydrogens (primary N) is 1. The Morgan fingerprint density at radius 1 is 1.11 bits per heavy atom. The van der Waals surface area contributed by atoms with E-state index in [1.54, 1.807) is 19.9 Å².